The summed E-state index contributed by atoms with van der Waals surface area (Å²) >= 11 is 0. The van der Waals surface area contributed by atoms with Crippen LogP contribution in [0, 0.1) is 6.92 Å². The molecule has 0 aliphatic carbocycles. The highest BCUT2D eigenvalue weighted by atomic mass is 16.5. The minimum absolute atomic E-state index is 0.456. The standard InChI is InChI=1S/C11H10N4O2/c1-8-4-12-15(5-8)6-10-13-11(17-14-10)9-2-3-16-7-9/h2-5,7H,6H2,1H3. The third-order valence-electron chi connectivity index (χ3n) is 2.30. The second kappa shape index (κ2) is 3.89. The van der Waals surface area contributed by atoms with Gasteiger partial charge in [0.15, 0.2) is 5.82 Å². The summed E-state index contributed by atoms with van der Waals surface area (Å²) in [7, 11) is 0. The van der Waals surface area contributed by atoms with Crippen molar-refractivity contribution in [3.8, 4) is 11.5 Å². The average molecular weight is 230 g/mol. The Morgan fingerprint density at radius 3 is 3.06 bits per heavy atom. The molecule has 3 rings (SSSR count). The van der Waals surface area contributed by atoms with Crippen LogP contribution in [-0.4, -0.2) is 19.9 Å². The van der Waals surface area contributed by atoms with Crippen LogP contribution >= 0.6 is 0 Å². The summed E-state index contributed by atoms with van der Waals surface area (Å²) in [5.74, 6) is 1.04. The van der Waals surface area contributed by atoms with Crippen molar-refractivity contribution < 1.29 is 8.94 Å². The van der Waals surface area contributed by atoms with Gasteiger partial charge in [0.25, 0.3) is 5.89 Å². The maximum Gasteiger partial charge on any atom is 0.261 e. The molecule has 0 radical (unpaired) electrons. The topological polar surface area (TPSA) is 69.9 Å². The van der Waals surface area contributed by atoms with Crippen LogP contribution in [0.25, 0.3) is 11.5 Å². The molecule has 3 heterocycles. The highest BCUT2D eigenvalue weighted by molar-refractivity contribution is 5.49. The number of aryl methyl sites for hydroxylation is 1. The minimum atomic E-state index is 0.456. The quantitative estimate of drug-likeness (QED) is 0.687. The number of hydrogen-bond acceptors (Lipinski definition) is 5. The van der Waals surface area contributed by atoms with Gasteiger partial charge < -0.3 is 8.94 Å². The van der Waals surface area contributed by atoms with Crippen LogP contribution in [0.5, 0.6) is 0 Å². The third kappa shape index (κ3) is 1.96. The van der Waals surface area contributed by atoms with Gasteiger partial charge in [-0.3, -0.25) is 4.68 Å². The first-order valence-electron chi connectivity index (χ1n) is 5.15. The van der Waals surface area contributed by atoms with E-state index in [-0.39, 0.29) is 0 Å². The van der Waals surface area contributed by atoms with Crippen molar-refractivity contribution in [2.45, 2.75) is 13.5 Å². The molecule has 0 amide bonds. The molecule has 0 aromatic carbocycles. The van der Waals surface area contributed by atoms with Crippen molar-refractivity contribution in [2.75, 3.05) is 0 Å². The van der Waals surface area contributed by atoms with Crippen molar-refractivity contribution in [3.05, 3.63) is 42.4 Å². The second-order valence-electron chi connectivity index (χ2n) is 3.74. The van der Waals surface area contributed by atoms with Crippen LogP contribution in [-0.2, 0) is 6.54 Å². The second-order valence-corrected chi connectivity index (χ2v) is 3.74. The summed E-state index contributed by atoms with van der Waals surface area (Å²) in [5, 5.41) is 8.05. The lowest BCUT2D eigenvalue weighted by Crippen LogP contribution is -2.01. The molecule has 3 aromatic heterocycles. The van der Waals surface area contributed by atoms with Crippen LogP contribution in [0.4, 0.5) is 0 Å². The largest absolute Gasteiger partial charge is 0.472 e. The van der Waals surface area contributed by atoms with E-state index in [4.69, 9.17) is 8.94 Å². The van der Waals surface area contributed by atoms with Crippen molar-refractivity contribution in [1.82, 2.24) is 19.9 Å². The Morgan fingerprint density at radius 1 is 1.41 bits per heavy atom. The SMILES string of the molecule is Cc1cnn(Cc2noc(-c3ccoc3)n2)c1. The number of furan rings is 1. The molecule has 17 heavy (non-hydrogen) atoms. The molecule has 0 saturated heterocycles. The highest BCUT2D eigenvalue weighted by Crippen LogP contribution is 2.17. The van der Waals surface area contributed by atoms with Crippen LogP contribution in [0.2, 0.25) is 0 Å². The van der Waals surface area contributed by atoms with E-state index in [0.717, 1.165) is 11.1 Å². The number of rotatable bonds is 3. The Balaban J connectivity index is 1.81. The molecule has 0 fully saturated rings. The lowest BCUT2D eigenvalue weighted by molar-refractivity contribution is 0.418. The Kier molecular flexibility index (Phi) is 2.25. The minimum Gasteiger partial charge on any atom is -0.472 e. The van der Waals surface area contributed by atoms with Gasteiger partial charge in [-0.05, 0) is 18.6 Å². The van der Waals surface area contributed by atoms with Gasteiger partial charge in [-0.1, -0.05) is 5.16 Å². The first-order chi connectivity index (χ1) is 8.31. The fraction of sp³-hybridized carbons (Fsp3) is 0.182. The van der Waals surface area contributed by atoms with Gasteiger partial charge in [-0.2, -0.15) is 10.1 Å². The maximum absolute atomic E-state index is 5.13. The molecule has 0 atom stereocenters. The summed E-state index contributed by atoms with van der Waals surface area (Å²) in [5.41, 5.74) is 1.88. The summed E-state index contributed by atoms with van der Waals surface area (Å²) in [6.45, 7) is 2.48. The van der Waals surface area contributed by atoms with Gasteiger partial charge in [0.2, 0.25) is 0 Å². The molecule has 86 valence electrons. The Labute approximate surface area is 96.9 Å². The predicted octanol–water partition coefficient (Wildman–Crippen LogP) is 1.88. The molecule has 0 aliphatic rings. The van der Waals surface area contributed by atoms with Crippen molar-refractivity contribution >= 4 is 0 Å². The summed E-state index contributed by atoms with van der Waals surface area (Å²) in [6, 6.07) is 1.77. The molecular formula is C11H10N4O2. The van der Waals surface area contributed by atoms with E-state index in [1.807, 2.05) is 13.1 Å². The smallest absolute Gasteiger partial charge is 0.261 e. The molecule has 0 aliphatic heterocycles. The molecular weight excluding hydrogens is 220 g/mol. The summed E-state index contributed by atoms with van der Waals surface area (Å²) in [4.78, 5) is 4.26. The van der Waals surface area contributed by atoms with E-state index in [1.54, 1.807) is 29.5 Å². The van der Waals surface area contributed by atoms with Crippen molar-refractivity contribution in [1.29, 1.82) is 0 Å². The molecule has 0 bridgehead atoms. The Morgan fingerprint density at radius 2 is 2.35 bits per heavy atom. The van der Waals surface area contributed by atoms with Gasteiger partial charge in [-0.25, -0.2) is 0 Å². The molecule has 0 unspecified atom stereocenters. The first kappa shape index (κ1) is 9.83. The zero-order chi connectivity index (χ0) is 11.7. The normalized spacial score (nSPS) is 10.9. The lowest BCUT2D eigenvalue weighted by Gasteiger charge is -1.93. The number of nitrogens with zero attached hydrogens (tertiary/aromatic N) is 4. The zero-order valence-electron chi connectivity index (χ0n) is 9.20. The van der Waals surface area contributed by atoms with Crippen LogP contribution in [0.3, 0.4) is 0 Å². The Hall–Kier alpha value is -2.37. The van der Waals surface area contributed by atoms with E-state index < -0.39 is 0 Å². The molecule has 0 saturated carbocycles. The van der Waals surface area contributed by atoms with Gasteiger partial charge >= 0.3 is 0 Å². The van der Waals surface area contributed by atoms with Gasteiger partial charge in [0.05, 0.1) is 18.0 Å². The lowest BCUT2D eigenvalue weighted by atomic mass is 10.3. The predicted molar refractivity (Wildman–Crippen MR) is 58.1 cm³/mol. The van der Waals surface area contributed by atoms with Crippen LogP contribution in [0.15, 0.2) is 39.9 Å². The van der Waals surface area contributed by atoms with Crippen molar-refractivity contribution in [3.63, 3.8) is 0 Å². The monoisotopic (exact) mass is 230 g/mol. The average Bonchev–Trinajstić information content (AvgIpc) is 3.00. The highest BCUT2D eigenvalue weighted by Gasteiger charge is 2.10. The molecule has 6 heteroatoms. The fourth-order valence-corrected chi connectivity index (χ4v) is 1.52. The molecule has 6 nitrogen and oxygen atoms in total. The van der Waals surface area contributed by atoms with Crippen LogP contribution < -0.4 is 0 Å². The molecule has 0 spiro atoms. The number of hydrogen-bond donors (Lipinski definition) is 0. The van der Waals surface area contributed by atoms with Crippen molar-refractivity contribution in [2.24, 2.45) is 0 Å². The summed E-state index contributed by atoms with van der Waals surface area (Å²) < 4.78 is 11.8. The van der Waals surface area contributed by atoms with Gasteiger partial charge in [-0.15, -0.1) is 0 Å². The Bertz CT molecular complexity index is 609. The molecule has 3 aromatic rings. The third-order valence-corrected chi connectivity index (χ3v) is 2.30. The van der Waals surface area contributed by atoms with E-state index >= 15 is 0 Å². The van der Waals surface area contributed by atoms with Crippen LogP contribution in [0.1, 0.15) is 11.4 Å². The fourth-order valence-electron chi connectivity index (χ4n) is 1.52. The van der Waals surface area contributed by atoms with Gasteiger partial charge in [0.1, 0.15) is 12.8 Å². The van der Waals surface area contributed by atoms with E-state index in [9.17, 15) is 0 Å². The van der Waals surface area contributed by atoms with Gasteiger partial charge in [0, 0.05) is 6.20 Å². The first-order valence-corrected chi connectivity index (χ1v) is 5.15. The molecule has 0 N–H and O–H groups in total. The van der Waals surface area contributed by atoms with E-state index in [0.29, 0.717) is 18.3 Å². The maximum atomic E-state index is 5.13. The van der Waals surface area contributed by atoms with E-state index in [1.165, 1.54) is 0 Å². The van der Waals surface area contributed by atoms with E-state index in [2.05, 4.69) is 15.2 Å². The summed E-state index contributed by atoms with van der Waals surface area (Å²) in [6.07, 6.45) is 6.84. The number of aromatic nitrogens is 4. The zero-order valence-corrected chi connectivity index (χ0v) is 9.20.